The van der Waals surface area contributed by atoms with Crippen LogP contribution >= 0.6 is 0 Å². The van der Waals surface area contributed by atoms with Crippen molar-refractivity contribution in [2.75, 3.05) is 32.1 Å². The molecule has 2 rings (SSSR count). The molecule has 1 fully saturated rings. The molecule has 0 aromatic carbocycles. The molecule has 1 saturated heterocycles. The van der Waals surface area contributed by atoms with Gasteiger partial charge in [-0.05, 0) is 38.1 Å². The van der Waals surface area contributed by atoms with Crippen molar-refractivity contribution >= 4 is 11.7 Å². The highest BCUT2D eigenvalue weighted by molar-refractivity contribution is 5.93. The van der Waals surface area contributed by atoms with Gasteiger partial charge < -0.3 is 10.3 Å². The molecule has 1 atom stereocenters. The van der Waals surface area contributed by atoms with Gasteiger partial charge in [0.25, 0.3) is 5.91 Å². The van der Waals surface area contributed by atoms with Crippen LogP contribution in [0.4, 0.5) is 5.82 Å². The number of anilines is 1. The Balaban J connectivity index is 1.97. The summed E-state index contributed by atoms with van der Waals surface area (Å²) in [5, 5.41) is 0. The molecule has 6 heteroatoms. The van der Waals surface area contributed by atoms with Crippen molar-refractivity contribution in [1.29, 1.82) is 0 Å². The summed E-state index contributed by atoms with van der Waals surface area (Å²) >= 11 is 0. The summed E-state index contributed by atoms with van der Waals surface area (Å²) in [7, 11) is 1.85. The number of nitrogens with two attached hydrogens (primary N) is 1. The fourth-order valence-electron chi connectivity index (χ4n) is 2.74. The van der Waals surface area contributed by atoms with E-state index < -0.39 is 0 Å². The maximum absolute atomic E-state index is 12.3. The van der Waals surface area contributed by atoms with E-state index in [0.717, 1.165) is 19.6 Å². The van der Waals surface area contributed by atoms with Crippen LogP contribution in [0.2, 0.25) is 0 Å². The second-order valence-corrected chi connectivity index (χ2v) is 5.19. The quantitative estimate of drug-likeness (QED) is 0.618. The number of nitrogen functional groups attached to an aromatic ring is 1. The number of carbonyl (C=O) groups excluding carboxylic acids is 1. The van der Waals surface area contributed by atoms with E-state index in [1.165, 1.54) is 12.8 Å². The van der Waals surface area contributed by atoms with Crippen LogP contribution in [-0.4, -0.2) is 53.4 Å². The molecule has 20 heavy (non-hydrogen) atoms. The number of hydrogen-bond donors (Lipinski definition) is 2. The molecule has 1 aliphatic rings. The average molecular weight is 277 g/mol. The van der Waals surface area contributed by atoms with E-state index in [1.807, 2.05) is 7.05 Å². The van der Waals surface area contributed by atoms with Crippen LogP contribution in [0.25, 0.3) is 0 Å². The van der Waals surface area contributed by atoms with E-state index in [-0.39, 0.29) is 5.91 Å². The number of amides is 1. The molecule has 1 aromatic heterocycles. The van der Waals surface area contributed by atoms with E-state index in [2.05, 4.69) is 22.2 Å². The number of hydrogen-bond acceptors (Lipinski definition) is 5. The smallest absolute Gasteiger partial charge is 0.255 e. The Kier molecular flexibility index (Phi) is 4.92. The van der Waals surface area contributed by atoms with Gasteiger partial charge in [0.15, 0.2) is 0 Å². The normalized spacial score (nSPS) is 19.1. The standard InChI is InChI=1S/C14H23N5O/c1-3-19-8-4-5-12(19)10-18(2)14(20)11-6-7-13(17-15)16-9-11/h6-7,9,12H,3-5,8,10,15H2,1-2H3,(H,16,17). The lowest BCUT2D eigenvalue weighted by Crippen LogP contribution is -2.41. The predicted molar refractivity (Wildman–Crippen MR) is 79.3 cm³/mol. The molecular weight excluding hydrogens is 254 g/mol. The lowest BCUT2D eigenvalue weighted by molar-refractivity contribution is 0.0754. The average Bonchev–Trinajstić information content (AvgIpc) is 2.93. The monoisotopic (exact) mass is 277 g/mol. The van der Waals surface area contributed by atoms with E-state index in [0.29, 0.717) is 17.4 Å². The molecule has 0 spiro atoms. The van der Waals surface area contributed by atoms with Gasteiger partial charge in [-0.3, -0.25) is 9.69 Å². The summed E-state index contributed by atoms with van der Waals surface area (Å²) in [5.41, 5.74) is 3.04. The number of nitrogens with one attached hydrogen (secondary N) is 1. The van der Waals surface area contributed by atoms with Crippen LogP contribution in [0, 0.1) is 0 Å². The molecule has 6 nitrogen and oxygen atoms in total. The summed E-state index contributed by atoms with van der Waals surface area (Å²) in [6.45, 7) is 5.12. The summed E-state index contributed by atoms with van der Waals surface area (Å²) in [5.74, 6) is 5.82. The first-order valence-electron chi connectivity index (χ1n) is 7.08. The van der Waals surface area contributed by atoms with E-state index in [9.17, 15) is 4.79 Å². The van der Waals surface area contributed by atoms with Crippen LogP contribution < -0.4 is 11.3 Å². The highest BCUT2D eigenvalue weighted by Crippen LogP contribution is 2.18. The van der Waals surface area contributed by atoms with Gasteiger partial charge >= 0.3 is 0 Å². The third-order valence-corrected chi connectivity index (χ3v) is 3.89. The maximum atomic E-state index is 12.3. The SMILES string of the molecule is CCN1CCCC1CN(C)C(=O)c1ccc(NN)nc1. The van der Waals surface area contributed by atoms with Gasteiger partial charge in [0, 0.05) is 25.8 Å². The zero-order valence-electron chi connectivity index (χ0n) is 12.2. The molecule has 1 aliphatic heterocycles. The van der Waals surface area contributed by atoms with Gasteiger partial charge in [-0.1, -0.05) is 6.92 Å². The zero-order valence-corrected chi connectivity index (χ0v) is 12.2. The Labute approximate surface area is 119 Å². The topological polar surface area (TPSA) is 74.5 Å². The second-order valence-electron chi connectivity index (χ2n) is 5.19. The van der Waals surface area contributed by atoms with Crippen LogP contribution in [0.15, 0.2) is 18.3 Å². The summed E-state index contributed by atoms with van der Waals surface area (Å²) in [4.78, 5) is 20.6. The summed E-state index contributed by atoms with van der Waals surface area (Å²) < 4.78 is 0. The molecular formula is C14H23N5O. The minimum atomic E-state index is 0.00373. The molecule has 1 unspecified atom stereocenters. The van der Waals surface area contributed by atoms with Gasteiger partial charge in [0.2, 0.25) is 0 Å². The molecule has 110 valence electrons. The van der Waals surface area contributed by atoms with E-state index in [4.69, 9.17) is 5.84 Å². The van der Waals surface area contributed by atoms with Crippen LogP contribution in [0.1, 0.15) is 30.1 Å². The largest absolute Gasteiger partial charge is 0.340 e. The van der Waals surface area contributed by atoms with Crippen LogP contribution in [0.5, 0.6) is 0 Å². The highest BCUT2D eigenvalue weighted by atomic mass is 16.2. The number of likely N-dealkylation sites (tertiary alicyclic amines) is 1. The first kappa shape index (κ1) is 14.7. The number of aromatic nitrogens is 1. The van der Waals surface area contributed by atoms with Crippen molar-refractivity contribution in [3.8, 4) is 0 Å². The minimum absolute atomic E-state index is 0.00373. The predicted octanol–water partition coefficient (Wildman–Crippen LogP) is 0.924. The Hall–Kier alpha value is -1.66. The van der Waals surface area contributed by atoms with Crippen molar-refractivity contribution < 1.29 is 4.79 Å². The van der Waals surface area contributed by atoms with Gasteiger partial charge in [-0.25, -0.2) is 10.8 Å². The number of nitrogens with zero attached hydrogens (tertiary/aromatic N) is 3. The molecule has 0 aliphatic carbocycles. The lowest BCUT2D eigenvalue weighted by atomic mass is 10.2. The lowest BCUT2D eigenvalue weighted by Gasteiger charge is -2.27. The van der Waals surface area contributed by atoms with Gasteiger partial charge in [0.1, 0.15) is 5.82 Å². The summed E-state index contributed by atoms with van der Waals surface area (Å²) in [6, 6.07) is 3.93. The fourth-order valence-corrected chi connectivity index (χ4v) is 2.74. The molecule has 1 aromatic rings. The van der Waals surface area contributed by atoms with Gasteiger partial charge in [-0.15, -0.1) is 0 Å². The number of hydrazine groups is 1. The second kappa shape index (κ2) is 6.67. The van der Waals surface area contributed by atoms with Crippen molar-refractivity contribution in [2.24, 2.45) is 5.84 Å². The Morgan fingerprint density at radius 1 is 1.60 bits per heavy atom. The van der Waals surface area contributed by atoms with Crippen molar-refractivity contribution in [3.63, 3.8) is 0 Å². The number of likely N-dealkylation sites (N-methyl/N-ethyl adjacent to an activating group) is 2. The summed E-state index contributed by atoms with van der Waals surface area (Å²) in [6.07, 6.45) is 3.94. The zero-order chi connectivity index (χ0) is 14.5. The highest BCUT2D eigenvalue weighted by Gasteiger charge is 2.25. The van der Waals surface area contributed by atoms with Crippen LogP contribution in [-0.2, 0) is 0 Å². The van der Waals surface area contributed by atoms with Crippen LogP contribution in [0.3, 0.4) is 0 Å². The van der Waals surface area contributed by atoms with Crippen molar-refractivity contribution in [2.45, 2.75) is 25.8 Å². The molecule has 0 radical (unpaired) electrons. The number of carbonyl (C=O) groups is 1. The molecule has 3 N–H and O–H groups in total. The molecule has 1 amide bonds. The van der Waals surface area contributed by atoms with Crippen molar-refractivity contribution in [3.05, 3.63) is 23.9 Å². The van der Waals surface area contributed by atoms with Gasteiger partial charge in [-0.2, -0.15) is 0 Å². The maximum Gasteiger partial charge on any atom is 0.255 e. The van der Waals surface area contributed by atoms with E-state index in [1.54, 1.807) is 23.2 Å². The van der Waals surface area contributed by atoms with E-state index >= 15 is 0 Å². The number of pyridine rings is 1. The van der Waals surface area contributed by atoms with Crippen molar-refractivity contribution in [1.82, 2.24) is 14.8 Å². The fraction of sp³-hybridized carbons (Fsp3) is 0.571. The first-order chi connectivity index (χ1) is 9.65. The Morgan fingerprint density at radius 3 is 3.00 bits per heavy atom. The molecule has 2 heterocycles. The number of rotatable bonds is 5. The van der Waals surface area contributed by atoms with Gasteiger partial charge in [0.05, 0.1) is 5.56 Å². The third kappa shape index (κ3) is 3.26. The first-order valence-corrected chi connectivity index (χ1v) is 7.08. The minimum Gasteiger partial charge on any atom is -0.340 e. The molecule has 0 saturated carbocycles. The Bertz CT molecular complexity index is 447. The molecule has 0 bridgehead atoms. The Morgan fingerprint density at radius 2 is 2.40 bits per heavy atom. The third-order valence-electron chi connectivity index (χ3n) is 3.89.